The van der Waals surface area contributed by atoms with Crippen molar-refractivity contribution in [3.05, 3.63) is 82.5 Å². The number of benzene rings is 2. The first-order valence-corrected chi connectivity index (χ1v) is 12.9. The van der Waals surface area contributed by atoms with E-state index in [1.54, 1.807) is 36.1 Å². The van der Waals surface area contributed by atoms with Crippen LogP contribution in [0.15, 0.2) is 70.0 Å². The molecule has 0 saturated carbocycles. The van der Waals surface area contributed by atoms with E-state index in [0.29, 0.717) is 37.7 Å². The van der Waals surface area contributed by atoms with Crippen LogP contribution in [0.3, 0.4) is 0 Å². The summed E-state index contributed by atoms with van der Waals surface area (Å²) in [4.78, 5) is 54.6. The van der Waals surface area contributed by atoms with Crippen LogP contribution in [0.4, 0.5) is 10.5 Å². The van der Waals surface area contributed by atoms with Crippen molar-refractivity contribution in [2.24, 2.45) is 0 Å². The summed E-state index contributed by atoms with van der Waals surface area (Å²) in [6.45, 7) is 3.87. The number of carboxylic acid groups (broad SMARTS) is 1. The highest BCUT2D eigenvalue weighted by molar-refractivity contribution is 8.18. The molecule has 0 unspecified atom stereocenters. The van der Waals surface area contributed by atoms with E-state index >= 15 is 0 Å². The molecule has 2 aliphatic rings. The van der Waals surface area contributed by atoms with E-state index in [2.05, 4.69) is 4.90 Å². The van der Waals surface area contributed by atoms with Crippen LogP contribution in [-0.2, 0) is 9.59 Å². The van der Waals surface area contributed by atoms with Crippen molar-refractivity contribution in [2.75, 3.05) is 37.6 Å². The maximum Gasteiger partial charge on any atom is 0.335 e. The van der Waals surface area contributed by atoms with Crippen molar-refractivity contribution in [1.82, 2.24) is 9.80 Å². The van der Waals surface area contributed by atoms with Crippen LogP contribution < -0.4 is 4.90 Å². The maximum absolute atomic E-state index is 12.9. The van der Waals surface area contributed by atoms with Crippen molar-refractivity contribution < 1.29 is 28.7 Å². The average molecular weight is 532 g/mol. The molecule has 5 rings (SSSR count). The normalized spacial score (nSPS) is 17.0. The Balaban J connectivity index is 1.22. The number of thioether (sulfide) groups is 1. The molecule has 3 amide bonds. The summed E-state index contributed by atoms with van der Waals surface area (Å²) in [5.74, 6) is -0.924. The van der Waals surface area contributed by atoms with E-state index in [4.69, 9.17) is 9.52 Å². The first-order valence-electron chi connectivity index (χ1n) is 12.1. The zero-order valence-electron chi connectivity index (χ0n) is 20.6. The van der Waals surface area contributed by atoms with E-state index in [1.807, 2.05) is 30.3 Å². The topological polar surface area (TPSA) is 111 Å². The zero-order valence-corrected chi connectivity index (χ0v) is 21.4. The van der Waals surface area contributed by atoms with E-state index in [-0.39, 0.29) is 22.9 Å². The lowest BCUT2D eigenvalue weighted by Crippen LogP contribution is -2.51. The fraction of sp³-hybridized carbons (Fsp3) is 0.214. The number of nitrogens with zero attached hydrogens (tertiary/aromatic N) is 3. The predicted octanol–water partition coefficient (Wildman–Crippen LogP) is 4.34. The van der Waals surface area contributed by atoms with Gasteiger partial charge >= 0.3 is 5.97 Å². The summed E-state index contributed by atoms with van der Waals surface area (Å²) in [7, 11) is 0. The molecule has 2 fully saturated rings. The summed E-state index contributed by atoms with van der Waals surface area (Å²) in [5.41, 5.74) is 2.73. The number of anilines is 1. The van der Waals surface area contributed by atoms with Gasteiger partial charge in [-0.2, -0.15) is 0 Å². The molecule has 10 heteroatoms. The molecule has 0 radical (unpaired) electrons. The molecule has 2 aromatic carbocycles. The van der Waals surface area contributed by atoms with E-state index in [9.17, 15) is 19.2 Å². The second kappa shape index (κ2) is 10.6. The van der Waals surface area contributed by atoms with Gasteiger partial charge in [0.1, 0.15) is 18.1 Å². The molecule has 38 heavy (non-hydrogen) atoms. The van der Waals surface area contributed by atoms with Gasteiger partial charge in [-0.05, 0) is 60.6 Å². The van der Waals surface area contributed by atoms with Gasteiger partial charge in [0.25, 0.3) is 11.1 Å². The fourth-order valence-electron chi connectivity index (χ4n) is 4.50. The predicted molar refractivity (Wildman–Crippen MR) is 144 cm³/mol. The average Bonchev–Trinajstić information content (AvgIpc) is 3.49. The van der Waals surface area contributed by atoms with Crippen molar-refractivity contribution in [3.8, 4) is 11.3 Å². The molecule has 0 aliphatic carbocycles. The largest absolute Gasteiger partial charge is 0.478 e. The van der Waals surface area contributed by atoms with Gasteiger partial charge in [-0.3, -0.25) is 19.3 Å². The second-order valence-electron chi connectivity index (χ2n) is 9.01. The summed E-state index contributed by atoms with van der Waals surface area (Å²) in [6.07, 6.45) is 1.48. The Morgan fingerprint density at radius 3 is 2.42 bits per heavy atom. The molecule has 0 spiro atoms. The zero-order chi connectivity index (χ0) is 26.8. The number of carbonyl (C=O) groups is 4. The third kappa shape index (κ3) is 5.21. The number of amides is 3. The molecule has 0 bridgehead atoms. The highest BCUT2D eigenvalue weighted by atomic mass is 32.2. The maximum atomic E-state index is 12.9. The number of piperazine rings is 1. The number of aryl methyl sites for hydroxylation is 1. The summed E-state index contributed by atoms with van der Waals surface area (Å²) in [5, 5.41) is 8.67. The molecule has 194 valence electrons. The Hall–Kier alpha value is -4.31. The van der Waals surface area contributed by atoms with Crippen molar-refractivity contribution in [2.45, 2.75) is 6.92 Å². The van der Waals surface area contributed by atoms with Gasteiger partial charge in [0.05, 0.1) is 10.5 Å². The summed E-state index contributed by atoms with van der Waals surface area (Å²) in [6, 6.07) is 18.1. The first-order chi connectivity index (χ1) is 18.3. The highest BCUT2D eigenvalue weighted by Gasteiger charge is 2.37. The van der Waals surface area contributed by atoms with Crippen LogP contribution in [0, 0.1) is 6.92 Å². The van der Waals surface area contributed by atoms with Gasteiger partial charge in [0, 0.05) is 43.5 Å². The van der Waals surface area contributed by atoms with Crippen LogP contribution in [0.2, 0.25) is 0 Å². The second-order valence-corrected chi connectivity index (χ2v) is 10.0. The molecular formula is C28H25N3O6S. The van der Waals surface area contributed by atoms with Crippen LogP contribution in [0.25, 0.3) is 17.4 Å². The van der Waals surface area contributed by atoms with E-state index in [0.717, 1.165) is 33.5 Å². The highest BCUT2D eigenvalue weighted by Crippen LogP contribution is 2.34. The number of aromatic carboxylic acids is 1. The summed E-state index contributed by atoms with van der Waals surface area (Å²) >= 11 is 0.771. The molecule has 1 N–H and O–H groups in total. The molecule has 2 saturated heterocycles. The molecule has 1 aromatic heterocycles. The molecule has 3 aromatic rings. The van der Waals surface area contributed by atoms with Crippen LogP contribution >= 0.6 is 11.8 Å². The van der Waals surface area contributed by atoms with Crippen LogP contribution in [-0.4, -0.2) is 70.7 Å². The number of hydrogen-bond acceptors (Lipinski definition) is 7. The lowest BCUT2D eigenvalue weighted by Gasteiger charge is -2.36. The third-order valence-corrected chi connectivity index (χ3v) is 7.47. The lowest BCUT2D eigenvalue weighted by molar-refractivity contribution is -0.136. The van der Waals surface area contributed by atoms with Crippen LogP contribution in [0.1, 0.15) is 21.7 Å². The minimum absolute atomic E-state index is 0.176. The van der Waals surface area contributed by atoms with Crippen LogP contribution in [0.5, 0.6) is 0 Å². The minimum atomic E-state index is -1.01. The number of rotatable bonds is 6. The molecule has 2 aliphatic heterocycles. The van der Waals surface area contributed by atoms with Crippen molar-refractivity contribution >= 4 is 46.5 Å². The molecule has 9 nitrogen and oxygen atoms in total. The molecular weight excluding hydrogens is 506 g/mol. The quantitative estimate of drug-likeness (QED) is 0.468. The Morgan fingerprint density at radius 1 is 1.00 bits per heavy atom. The first kappa shape index (κ1) is 25.3. The standard InChI is InChI=1S/C28H25N3O6S/c1-18-15-19(27(34)35)7-9-22(18)23-10-8-21(37-23)16-24-26(33)31(28(36)38-24)17-25(32)30-13-11-29(12-14-30)20-5-3-2-4-6-20/h2-10,15-16H,11-14,17H2,1H3,(H,34,35)/b24-16+. The fourth-order valence-corrected chi connectivity index (χ4v) is 5.32. The Morgan fingerprint density at radius 2 is 1.74 bits per heavy atom. The van der Waals surface area contributed by atoms with Crippen molar-refractivity contribution in [1.29, 1.82) is 0 Å². The van der Waals surface area contributed by atoms with E-state index < -0.39 is 17.1 Å². The van der Waals surface area contributed by atoms with Gasteiger partial charge in [-0.25, -0.2) is 4.79 Å². The number of para-hydroxylation sites is 1. The third-order valence-electron chi connectivity index (χ3n) is 6.56. The van der Waals surface area contributed by atoms with Gasteiger partial charge in [0.15, 0.2) is 0 Å². The van der Waals surface area contributed by atoms with Gasteiger partial charge < -0.3 is 19.3 Å². The van der Waals surface area contributed by atoms with Gasteiger partial charge in [-0.15, -0.1) is 0 Å². The molecule has 3 heterocycles. The van der Waals surface area contributed by atoms with Crippen molar-refractivity contribution in [3.63, 3.8) is 0 Å². The molecule has 0 atom stereocenters. The lowest BCUT2D eigenvalue weighted by atomic mass is 10.0. The number of imide groups is 1. The Labute approximate surface area is 223 Å². The summed E-state index contributed by atoms with van der Waals surface area (Å²) < 4.78 is 5.86. The number of carboxylic acids is 1. The van der Waals surface area contributed by atoms with E-state index in [1.165, 1.54) is 12.1 Å². The monoisotopic (exact) mass is 531 g/mol. The van der Waals surface area contributed by atoms with Gasteiger partial charge in [-0.1, -0.05) is 24.3 Å². The Bertz CT molecular complexity index is 1440. The number of furan rings is 1. The SMILES string of the molecule is Cc1cc(C(=O)O)ccc1-c1ccc(/C=C2/SC(=O)N(CC(=O)N3CCN(c4ccccc4)CC3)C2=O)o1. The Kier molecular flexibility index (Phi) is 7.06. The minimum Gasteiger partial charge on any atom is -0.478 e. The number of carbonyl (C=O) groups excluding carboxylic acids is 3. The smallest absolute Gasteiger partial charge is 0.335 e. The van der Waals surface area contributed by atoms with Gasteiger partial charge in [0.2, 0.25) is 5.91 Å². The number of hydrogen-bond donors (Lipinski definition) is 1.